The molecule has 1 unspecified atom stereocenters. The van der Waals surface area contributed by atoms with Gasteiger partial charge in [-0.15, -0.1) is 15.3 Å². The Labute approximate surface area is 108 Å². The summed E-state index contributed by atoms with van der Waals surface area (Å²) in [6.07, 6.45) is 2.96. The van der Waals surface area contributed by atoms with Gasteiger partial charge in [0.05, 0.1) is 6.20 Å². The van der Waals surface area contributed by atoms with E-state index in [0.717, 1.165) is 30.5 Å². The van der Waals surface area contributed by atoms with Gasteiger partial charge in [0.25, 0.3) is 0 Å². The lowest BCUT2D eigenvalue weighted by Gasteiger charge is -2.14. The minimum Gasteiger partial charge on any atom is -0.374 e. The Morgan fingerprint density at radius 3 is 3.00 bits per heavy atom. The summed E-state index contributed by atoms with van der Waals surface area (Å²) in [5.41, 5.74) is 5.55. The van der Waals surface area contributed by atoms with Crippen molar-refractivity contribution < 1.29 is 0 Å². The summed E-state index contributed by atoms with van der Waals surface area (Å²) in [5.74, 6) is 0.915. The molecular weight excluding hydrogens is 252 g/mol. The van der Waals surface area contributed by atoms with E-state index in [4.69, 9.17) is 5.73 Å². The monoisotopic (exact) mass is 266 g/mol. The summed E-state index contributed by atoms with van der Waals surface area (Å²) in [4.78, 5) is 2.20. The topological polar surface area (TPSA) is 97.8 Å². The number of nitrogens with zero attached hydrogens (tertiary/aromatic N) is 6. The number of nitrogens with one attached hydrogen (secondary N) is 1. The van der Waals surface area contributed by atoms with Gasteiger partial charge in [-0.1, -0.05) is 16.6 Å². The second-order valence-electron chi connectivity index (χ2n) is 4.27. The maximum atomic E-state index is 5.55. The molecule has 96 valence electrons. The van der Waals surface area contributed by atoms with Crippen LogP contribution in [0.15, 0.2) is 6.20 Å². The van der Waals surface area contributed by atoms with Crippen LogP contribution >= 0.6 is 11.3 Å². The molecule has 0 aromatic carbocycles. The quantitative estimate of drug-likeness (QED) is 0.803. The summed E-state index contributed by atoms with van der Waals surface area (Å²) in [5, 5.41) is 20.4. The molecule has 0 amide bonds. The number of aryl methyl sites for hydroxylation is 1. The Kier molecular flexibility index (Phi) is 2.74. The van der Waals surface area contributed by atoms with E-state index in [-0.39, 0.29) is 0 Å². The fraction of sp³-hybridized carbons (Fsp3) is 0.556. The first-order valence-electron chi connectivity index (χ1n) is 5.67. The normalized spacial score (nSPS) is 19.4. The van der Waals surface area contributed by atoms with Crippen molar-refractivity contribution in [3.8, 4) is 0 Å². The van der Waals surface area contributed by atoms with E-state index in [1.165, 1.54) is 11.3 Å². The van der Waals surface area contributed by atoms with Crippen molar-refractivity contribution >= 4 is 27.4 Å². The van der Waals surface area contributed by atoms with Gasteiger partial charge < -0.3 is 16.0 Å². The molecule has 1 atom stereocenters. The standard InChI is InChI=1S/C9H14N8S/c1-16-5-7(12-15-16)17-3-2-6(4-17)11-9-14-13-8(10)18-9/h5-6H,2-4H2,1H3,(H2,10,13)(H,11,14). The predicted octanol–water partition coefficient (Wildman–Crippen LogP) is -0.0604. The van der Waals surface area contributed by atoms with Crippen LogP contribution in [0.5, 0.6) is 0 Å². The van der Waals surface area contributed by atoms with Crippen molar-refractivity contribution in [3.63, 3.8) is 0 Å². The molecule has 1 fully saturated rings. The highest BCUT2D eigenvalue weighted by atomic mass is 32.1. The molecule has 0 spiro atoms. The van der Waals surface area contributed by atoms with Crippen molar-refractivity contribution in [3.05, 3.63) is 6.20 Å². The molecule has 0 radical (unpaired) electrons. The second-order valence-corrected chi connectivity index (χ2v) is 5.28. The van der Waals surface area contributed by atoms with Crippen molar-refractivity contribution in [2.75, 3.05) is 29.0 Å². The zero-order valence-electron chi connectivity index (χ0n) is 9.94. The third-order valence-corrected chi connectivity index (χ3v) is 3.55. The van der Waals surface area contributed by atoms with Crippen LogP contribution in [0.3, 0.4) is 0 Å². The molecular formula is C9H14N8S. The average molecular weight is 266 g/mol. The molecule has 0 saturated carbocycles. The Bertz CT molecular complexity index is 534. The van der Waals surface area contributed by atoms with E-state index in [1.54, 1.807) is 4.68 Å². The molecule has 2 aromatic rings. The van der Waals surface area contributed by atoms with Crippen LogP contribution in [-0.4, -0.2) is 44.3 Å². The van der Waals surface area contributed by atoms with Crippen molar-refractivity contribution in [1.29, 1.82) is 0 Å². The Morgan fingerprint density at radius 2 is 2.33 bits per heavy atom. The predicted molar refractivity (Wildman–Crippen MR) is 69.6 cm³/mol. The first kappa shape index (κ1) is 11.2. The average Bonchev–Trinajstić information content (AvgIpc) is 3.01. The van der Waals surface area contributed by atoms with Gasteiger partial charge >= 0.3 is 0 Å². The van der Waals surface area contributed by atoms with Crippen molar-refractivity contribution in [2.24, 2.45) is 7.05 Å². The molecule has 3 heterocycles. The Balaban J connectivity index is 1.61. The molecule has 0 bridgehead atoms. The van der Waals surface area contributed by atoms with E-state index in [0.29, 0.717) is 11.2 Å². The molecule has 9 heteroatoms. The van der Waals surface area contributed by atoms with E-state index < -0.39 is 0 Å². The van der Waals surface area contributed by atoms with Crippen LogP contribution in [-0.2, 0) is 7.05 Å². The summed E-state index contributed by atoms with van der Waals surface area (Å²) >= 11 is 1.37. The maximum Gasteiger partial charge on any atom is 0.207 e. The lowest BCUT2D eigenvalue weighted by atomic mass is 10.3. The van der Waals surface area contributed by atoms with Gasteiger partial charge in [0.15, 0.2) is 5.82 Å². The fourth-order valence-corrected chi connectivity index (χ4v) is 2.62. The number of nitrogen functional groups attached to an aromatic ring is 1. The summed E-state index contributed by atoms with van der Waals surface area (Å²) in [6, 6.07) is 0.347. The number of aromatic nitrogens is 5. The lowest BCUT2D eigenvalue weighted by molar-refractivity contribution is 0.714. The van der Waals surface area contributed by atoms with Gasteiger partial charge in [-0.25, -0.2) is 0 Å². The van der Waals surface area contributed by atoms with E-state index in [1.807, 2.05) is 13.2 Å². The Hall–Kier alpha value is -1.90. The minimum absolute atomic E-state index is 0.347. The molecule has 3 rings (SSSR count). The summed E-state index contributed by atoms with van der Waals surface area (Å²) in [6.45, 7) is 1.85. The molecule has 0 aliphatic carbocycles. The van der Waals surface area contributed by atoms with Crippen LogP contribution in [0, 0.1) is 0 Å². The maximum absolute atomic E-state index is 5.55. The minimum atomic E-state index is 0.347. The van der Waals surface area contributed by atoms with Gasteiger partial charge in [-0.3, -0.25) is 4.68 Å². The molecule has 2 aromatic heterocycles. The molecule has 1 saturated heterocycles. The van der Waals surface area contributed by atoms with Crippen LogP contribution in [0.4, 0.5) is 16.1 Å². The van der Waals surface area contributed by atoms with E-state index in [9.17, 15) is 0 Å². The first-order chi connectivity index (χ1) is 8.70. The second kappa shape index (κ2) is 4.41. The summed E-state index contributed by atoms with van der Waals surface area (Å²) in [7, 11) is 1.87. The zero-order chi connectivity index (χ0) is 12.5. The summed E-state index contributed by atoms with van der Waals surface area (Å²) < 4.78 is 1.71. The van der Waals surface area contributed by atoms with Gasteiger partial charge in [-0.05, 0) is 6.42 Å². The highest BCUT2D eigenvalue weighted by Crippen LogP contribution is 2.22. The van der Waals surface area contributed by atoms with Crippen molar-refractivity contribution in [1.82, 2.24) is 25.2 Å². The molecule has 3 N–H and O–H groups in total. The van der Waals surface area contributed by atoms with E-state index >= 15 is 0 Å². The highest BCUT2D eigenvalue weighted by molar-refractivity contribution is 7.18. The third-order valence-electron chi connectivity index (χ3n) is 2.87. The largest absolute Gasteiger partial charge is 0.374 e. The zero-order valence-corrected chi connectivity index (χ0v) is 10.8. The van der Waals surface area contributed by atoms with Gasteiger partial charge in [0.2, 0.25) is 10.3 Å². The number of nitrogens with two attached hydrogens (primary N) is 1. The van der Waals surface area contributed by atoms with E-state index in [2.05, 4.69) is 30.7 Å². The van der Waals surface area contributed by atoms with Gasteiger partial charge in [0, 0.05) is 26.2 Å². The lowest BCUT2D eigenvalue weighted by Crippen LogP contribution is -2.26. The van der Waals surface area contributed by atoms with Crippen LogP contribution < -0.4 is 16.0 Å². The van der Waals surface area contributed by atoms with Crippen LogP contribution in [0.2, 0.25) is 0 Å². The Morgan fingerprint density at radius 1 is 1.44 bits per heavy atom. The molecule has 18 heavy (non-hydrogen) atoms. The molecule has 8 nitrogen and oxygen atoms in total. The third kappa shape index (κ3) is 2.21. The molecule has 1 aliphatic rings. The van der Waals surface area contributed by atoms with Crippen LogP contribution in [0.1, 0.15) is 6.42 Å². The highest BCUT2D eigenvalue weighted by Gasteiger charge is 2.25. The molecule has 1 aliphatic heterocycles. The SMILES string of the molecule is Cn1cc(N2CCC(Nc3nnc(N)s3)C2)nn1. The number of anilines is 3. The number of rotatable bonds is 3. The first-order valence-corrected chi connectivity index (χ1v) is 6.49. The number of hydrogen-bond donors (Lipinski definition) is 2. The number of hydrogen-bond acceptors (Lipinski definition) is 8. The van der Waals surface area contributed by atoms with Crippen LogP contribution in [0.25, 0.3) is 0 Å². The van der Waals surface area contributed by atoms with Gasteiger partial charge in [0.1, 0.15) is 0 Å². The van der Waals surface area contributed by atoms with Crippen molar-refractivity contribution in [2.45, 2.75) is 12.5 Å². The fourth-order valence-electron chi connectivity index (χ4n) is 2.03. The van der Waals surface area contributed by atoms with Gasteiger partial charge in [-0.2, -0.15) is 0 Å². The smallest absolute Gasteiger partial charge is 0.207 e.